The van der Waals surface area contributed by atoms with Crippen LogP contribution in [-0.2, 0) is 4.74 Å². The molecule has 2 aliphatic rings. The number of likely N-dealkylation sites (N-methyl/N-ethyl adjacent to an activating group) is 1. The fourth-order valence-corrected chi connectivity index (χ4v) is 2.98. The van der Waals surface area contributed by atoms with Crippen LogP contribution in [0.15, 0.2) is 0 Å². The minimum Gasteiger partial charge on any atom is -0.444 e. The van der Waals surface area contributed by atoms with E-state index in [1.807, 2.05) is 25.7 Å². The van der Waals surface area contributed by atoms with Crippen LogP contribution in [0.25, 0.3) is 0 Å². The van der Waals surface area contributed by atoms with Gasteiger partial charge in [0.25, 0.3) is 0 Å². The number of rotatable bonds is 1. The number of carbonyl (C=O) groups is 1. The van der Waals surface area contributed by atoms with Gasteiger partial charge in [0.1, 0.15) is 5.60 Å². The molecule has 98 valence electrons. The number of nitrogens with zero attached hydrogens (tertiary/aromatic N) is 2. The van der Waals surface area contributed by atoms with Crippen LogP contribution in [0.4, 0.5) is 4.79 Å². The van der Waals surface area contributed by atoms with Gasteiger partial charge in [0.15, 0.2) is 0 Å². The Labute approximate surface area is 104 Å². The fourth-order valence-electron chi connectivity index (χ4n) is 2.98. The minimum absolute atomic E-state index is 0.148. The molecule has 0 aromatic heterocycles. The van der Waals surface area contributed by atoms with E-state index in [1.165, 1.54) is 12.8 Å². The summed E-state index contributed by atoms with van der Waals surface area (Å²) in [5.74, 6) is 0. The van der Waals surface area contributed by atoms with Crippen molar-refractivity contribution in [3.8, 4) is 0 Å². The lowest BCUT2D eigenvalue weighted by Crippen LogP contribution is -2.55. The summed E-state index contributed by atoms with van der Waals surface area (Å²) in [5, 5.41) is 0. The van der Waals surface area contributed by atoms with Crippen LogP contribution in [0.5, 0.6) is 0 Å². The predicted octanol–water partition coefficient (Wildman–Crippen LogP) is 2.09. The zero-order chi connectivity index (χ0) is 12.6. The maximum absolute atomic E-state index is 12.0. The van der Waals surface area contributed by atoms with Crippen LogP contribution in [0.3, 0.4) is 0 Å². The number of likely N-dealkylation sites (tertiary alicyclic amines) is 1. The first-order valence-electron chi connectivity index (χ1n) is 6.64. The maximum Gasteiger partial charge on any atom is 0.410 e. The van der Waals surface area contributed by atoms with Crippen molar-refractivity contribution >= 4 is 6.09 Å². The predicted molar refractivity (Wildman–Crippen MR) is 67.0 cm³/mol. The van der Waals surface area contributed by atoms with E-state index in [0.29, 0.717) is 12.1 Å². The number of amides is 1. The van der Waals surface area contributed by atoms with Crippen molar-refractivity contribution in [3.05, 3.63) is 0 Å². The molecular weight excluding hydrogens is 216 g/mol. The zero-order valence-corrected chi connectivity index (χ0v) is 11.4. The number of ether oxygens (including phenoxy) is 1. The quantitative estimate of drug-likeness (QED) is 0.703. The van der Waals surface area contributed by atoms with E-state index in [9.17, 15) is 4.79 Å². The molecule has 2 aliphatic heterocycles. The van der Waals surface area contributed by atoms with Crippen LogP contribution < -0.4 is 0 Å². The Balaban J connectivity index is 1.96. The van der Waals surface area contributed by atoms with Gasteiger partial charge in [-0.2, -0.15) is 0 Å². The van der Waals surface area contributed by atoms with E-state index in [4.69, 9.17) is 4.74 Å². The number of carbonyl (C=O) groups excluding carboxylic acids is 1. The van der Waals surface area contributed by atoms with Crippen molar-refractivity contribution in [2.24, 2.45) is 0 Å². The first kappa shape index (κ1) is 12.7. The largest absolute Gasteiger partial charge is 0.444 e. The average molecular weight is 240 g/mol. The fraction of sp³-hybridized carbons (Fsp3) is 0.923. The van der Waals surface area contributed by atoms with Gasteiger partial charge in [0.05, 0.1) is 0 Å². The van der Waals surface area contributed by atoms with Gasteiger partial charge in [-0.1, -0.05) is 6.92 Å². The van der Waals surface area contributed by atoms with Crippen LogP contribution in [0, 0.1) is 0 Å². The van der Waals surface area contributed by atoms with Gasteiger partial charge >= 0.3 is 6.09 Å². The Bertz CT molecular complexity index is 284. The van der Waals surface area contributed by atoms with E-state index in [0.717, 1.165) is 19.6 Å². The molecule has 0 radical (unpaired) electrons. The van der Waals surface area contributed by atoms with Crippen molar-refractivity contribution in [1.82, 2.24) is 9.80 Å². The van der Waals surface area contributed by atoms with Crippen LogP contribution in [0.1, 0.15) is 40.5 Å². The number of hydrogen-bond acceptors (Lipinski definition) is 3. The van der Waals surface area contributed by atoms with E-state index in [2.05, 4.69) is 11.8 Å². The molecule has 0 saturated carbocycles. The summed E-state index contributed by atoms with van der Waals surface area (Å²) >= 11 is 0. The van der Waals surface area contributed by atoms with Gasteiger partial charge in [0, 0.05) is 25.2 Å². The highest BCUT2D eigenvalue weighted by Gasteiger charge is 2.41. The molecule has 0 aliphatic carbocycles. The van der Waals surface area contributed by atoms with Crippen molar-refractivity contribution in [3.63, 3.8) is 0 Å². The molecule has 1 amide bonds. The monoisotopic (exact) mass is 240 g/mol. The number of piperazine rings is 1. The summed E-state index contributed by atoms with van der Waals surface area (Å²) in [5.41, 5.74) is -0.391. The molecule has 0 aromatic rings. The molecule has 1 unspecified atom stereocenters. The lowest BCUT2D eigenvalue weighted by atomic mass is 10.2. The molecule has 2 fully saturated rings. The number of fused-ring (bicyclic) bond motifs is 2. The highest BCUT2D eigenvalue weighted by molar-refractivity contribution is 5.68. The summed E-state index contributed by atoms with van der Waals surface area (Å²) in [6.07, 6.45) is 2.29. The highest BCUT2D eigenvalue weighted by Crippen LogP contribution is 2.30. The van der Waals surface area contributed by atoms with Crippen LogP contribution in [0.2, 0.25) is 0 Å². The molecule has 4 heteroatoms. The topological polar surface area (TPSA) is 32.8 Å². The second kappa shape index (κ2) is 4.48. The van der Waals surface area contributed by atoms with Crippen molar-refractivity contribution in [2.45, 2.75) is 58.2 Å². The summed E-state index contributed by atoms with van der Waals surface area (Å²) in [6.45, 7) is 10.7. The van der Waals surface area contributed by atoms with E-state index >= 15 is 0 Å². The lowest BCUT2D eigenvalue weighted by molar-refractivity contribution is 0.00235. The van der Waals surface area contributed by atoms with Gasteiger partial charge in [-0.15, -0.1) is 0 Å². The second-order valence-electron chi connectivity index (χ2n) is 6.10. The molecule has 4 nitrogen and oxygen atoms in total. The third-order valence-electron chi connectivity index (χ3n) is 3.65. The molecule has 2 atom stereocenters. The first-order valence-corrected chi connectivity index (χ1v) is 6.64. The Morgan fingerprint density at radius 2 is 1.76 bits per heavy atom. The third kappa shape index (κ3) is 2.73. The normalized spacial score (nSPS) is 29.5. The SMILES string of the molecule is CCN1C2CC[C@H]1CN(C(=O)OC(C)(C)C)C2. The minimum atomic E-state index is -0.391. The molecule has 2 rings (SSSR count). The van der Waals surface area contributed by atoms with E-state index < -0.39 is 5.60 Å². The van der Waals surface area contributed by atoms with Crippen LogP contribution in [-0.4, -0.2) is 53.2 Å². The van der Waals surface area contributed by atoms with Gasteiger partial charge < -0.3 is 9.64 Å². The number of hydrogen-bond donors (Lipinski definition) is 0. The lowest BCUT2D eigenvalue weighted by Gasteiger charge is -2.40. The van der Waals surface area contributed by atoms with Crippen molar-refractivity contribution in [2.75, 3.05) is 19.6 Å². The molecule has 0 aromatic carbocycles. The summed E-state index contributed by atoms with van der Waals surface area (Å²) < 4.78 is 5.44. The highest BCUT2D eigenvalue weighted by atomic mass is 16.6. The second-order valence-corrected chi connectivity index (χ2v) is 6.10. The summed E-state index contributed by atoms with van der Waals surface area (Å²) in [4.78, 5) is 16.4. The molecule has 0 spiro atoms. The van der Waals surface area contributed by atoms with Gasteiger partial charge in [0.2, 0.25) is 0 Å². The van der Waals surface area contributed by atoms with Gasteiger partial charge in [-0.05, 0) is 40.2 Å². The zero-order valence-electron chi connectivity index (χ0n) is 11.4. The maximum atomic E-state index is 12.0. The Morgan fingerprint density at radius 3 is 2.18 bits per heavy atom. The molecule has 17 heavy (non-hydrogen) atoms. The Kier molecular flexibility index (Phi) is 3.34. The third-order valence-corrected chi connectivity index (χ3v) is 3.65. The van der Waals surface area contributed by atoms with Crippen molar-refractivity contribution in [1.29, 1.82) is 0 Å². The Morgan fingerprint density at radius 1 is 1.24 bits per heavy atom. The van der Waals surface area contributed by atoms with Crippen LogP contribution >= 0.6 is 0 Å². The molecular formula is C13H24N2O2. The van der Waals surface area contributed by atoms with Gasteiger partial charge in [-0.3, -0.25) is 4.90 Å². The molecule has 2 heterocycles. The van der Waals surface area contributed by atoms with E-state index in [-0.39, 0.29) is 6.09 Å². The smallest absolute Gasteiger partial charge is 0.410 e. The molecule has 2 saturated heterocycles. The molecule has 0 N–H and O–H groups in total. The first-order chi connectivity index (χ1) is 7.90. The molecule has 2 bridgehead atoms. The van der Waals surface area contributed by atoms with E-state index in [1.54, 1.807) is 0 Å². The summed E-state index contributed by atoms with van der Waals surface area (Å²) in [7, 11) is 0. The Hall–Kier alpha value is -0.770. The standard InChI is InChI=1S/C13H24N2O2/c1-5-15-10-6-7-11(15)9-14(8-10)12(16)17-13(2,3)4/h10-11H,5-9H2,1-4H3/t10-,11?/m0/s1. The summed E-state index contributed by atoms with van der Waals surface area (Å²) in [6, 6.07) is 1.09. The van der Waals surface area contributed by atoms with Crippen molar-refractivity contribution < 1.29 is 9.53 Å². The van der Waals surface area contributed by atoms with Gasteiger partial charge in [-0.25, -0.2) is 4.79 Å². The average Bonchev–Trinajstić information content (AvgIpc) is 2.44.